The van der Waals surface area contributed by atoms with Crippen LogP contribution in [-0.2, 0) is 0 Å². The molecule has 0 saturated heterocycles. The molecule has 0 atom stereocenters. The molecule has 0 unspecified atom stereocenters. The van der Waals surface area contributed by atoms with Crippen LogP contribution in [0.1, 0.15) is 76.3 Å². The van der Waals surface area contributed by atoms with Crippen LogP contribution < -0.4 is 0 Å². The van der Waals surface area contributed by atoms with Gasteiger partial charge in [-0.15, -0.1) is 0 Å². The first-order chi connectivity index (χ1) is 19.4. The fourth-order valence-corrected chi connectivity index (χ4v) is 9.69. The summed E-state index contributed by atoms with van der Waals surface area (Å²) in [5.41, 5.74) is 2.92. The Balaban J connectivity index is 1.48. The molecule has 3 aromatic heterocycles. The molecule has 7 aromatic rings. The summed E-state index contributed by atoms with van der Waals surface area (Å²) in [5, 5.41) is 11.4. The van der Waals surface area contributed by atoms with Crippen molar-refractivity contribution in [2.75, 3.05) is 0 Å². The van der Waals surface area contributed by atoms with Gasteiger partial charge in [0.1, 0.15) is 9.66 Å². The predicted molar refractivity (Wildman–Crippen MR) is 170 cm³/mol. The van der Waals surface area contributed by atoms with E-state index in [4.69, 9.17) is 0 Å². The molecule has 0 amide bonds. The van der Waals surface area contributed by atoms with Crippen LogP contribution in [0.2, 0.25) is 0 Å². The van der Waals surface area contributed by atoms with Gasteiger partial charge >= 0.3 is 0 Å². The molecule has 2 fully saturated rings. The van der Waals surface area contributed by atoms with Gasteiger partial charge in [0.15, 0.2) is 0 Å². The minimum absolute atomic E-state index is 0.600. The van der Waals surface area contributed by atoms with Gasteiger partial charge in [0, 0.05) is 39.0 Å². The van der Waals surface area contributed by atoms with Crippen LogP contribution in [0, 0.1) is 0 Å². The fourth-order valence-electron chi connectivity index (χ4n) is 8.19. The number of hydrogen-bond donors (Lipinski definition) is 0. The lowest BCUT2D eigenvalue weighted by atomic mass is 9.95. The highest BCUT2D eigenvalue weighted by Gasteiger charge is 2.29. The van der Waals surface area contributed by atoms with E-state index < -0.39 is 0 Å². The second-order valence-corrected chi connectivity index (χ2v) is 13.2. The minimum Gasteiger partial charge on any atom is -0.329 e. The molecule has 0 spiro atoms. The largest absolute Gasteiger partial charge is 0.329 e. The van der Waals surface area contributed by atoms with Crippen molar-refractivity contribution >= 4 is 75.1 Å². The van der Waals surface area contributed by atoms with Crippen LogP contribution in [0.4, 0.5) is 0 Å². The van der Waals surface area contributed by atoms with Gasteiger partial charge < -0.3 is 9.13 Å². The number of thiophene rings is 1. The zero-order valence-corrected chi connectivity index (χ0v) is 23.3. The number of rotatable bonds is 2. The number of fused-ring (bicyclic) bond motifs is 10. The lowest BCUT2D eigenvalue weighted by Crippen LogP contribution is -2.12. The summed E-state index contributed by atoms with van der Waals surface area (Å²) in [6.07, 6.45) is 13.4. The molecule has 2 saturated carbocycles. The van der Waals surface area contributed by atoms with E-state index in [2.05, 4.69) is 93.3 Å². The van der Waals surface area contributed by atoms with Crippen molar-refractivity contribution < 1.29 is 0 Å². The first-order valence-electron chi connectivity index (χ1n) is 15.2. The Labute approximate surface area is 232 Å². The van der Waals surface area contributed by atoms with Crippen molar-refractivity contribution in [3.05, 3.63) is 72.8 Å². The SMILES string of the molecule is c1ccc2cc3c(cc2c1)c1c2c4ccc5ccccc5c4n(C4CCCCC4)c2sc1n3C1CCCCC1. The molecule has 3 heterocycles. The lowest BCUT2D eigenvalue weighted by molar-refractivity contribution is 0.368. The third-order valence-electron chi connectivity index (χ3n) is 9.99. The average Bonchev–Trinajstić information content (AvgIpc) is 3.62. The monoisotopic (exact) mass is 526 g/mol. The van der Waals surface area contributed by atoms with Gasteiger partial charge in [-0.25, -0.2) is 0 Å². The highest BCUT2D eigenvalue weighted by Crippen LogP contribution is 2.51. The minimum atomic E-state index is 0.600. The third-order valence-corrected chi connectivity index (χ3v) is 11.2. The van der Waals surface area contributed by atoms with E-state index >= 15 is 0 Å². The van der Waals surface area contributed by atoms with Crippen molar-refractivity contribution in [2.45, 2.75) is 76.3 Å². The quantitative estimate of drug-likeness (QED) is 0.212. The van der Waals surface area contributed by atoms with Gasteiger partial charge in [-0.2, -0.15) is 0 Å². The van der Waals surface area contributed by atoms with E-state index in [9.17, 15) is 0 Å². The van der Waals surface area contributed by atoms with Crippen LogP contribution >= 0.6 is 11.3 Å². The Bertz CT molecular complexity index is 2030. The molecule has 2 aliphatic carbocycles. The Morgan fingerprint density at radius 2 is 1.10 bits per heavy atom. The van der Waals surface area contributed by atoms with E-state index in [1.807, 2.05) is 0 Å². The van der Waals surface area contributed by atoms with Crippen molar-refractivity contribution in [2.24, 2.45) is 0 Å². The van der Waals surface area contributed by atoms with Gasteiger partial charge in [-0.1, -0.05) is 111 Å². The maximum Gasteiger partial charge on any atom is 0.106 e. The Morgan fingerprint density at radius 3 is 1.85 bits per heavy atom. The standard InChI is InChI=1S/C36H34N2S/c1-3-14-26(15-4-1)37-31-22-25-13-8-7-12-24(25)21-30(31)33-32-29-20-19-23-11-9-10-18-28(23)34(29)38(36(32)39-35(33)37)27-16-5-2-6-17-27/h7-13,18-22,26-27H,1-6,14-17H2. The molecule has 2 aliphatic rings. The molecule has 194 valence electrons. The smallest absolute Gasteiger partial charge is 0.106 e. The van der Waals surface area contributed by atoms with Gasteiger partial charge in [-0.3, -0.25) is 0 Å². The summed E-state index contributed by atoms with van der Waals surface area (Å²) in [5.74, 6) is 0. The Kier molecular flexibility index (Phi) is 4.96. The van der Waals surface area contributed by atoms with Crippen molar-refractivity contribution in [1.82, 2.24) is 9.13 Å². The second-order valence-electron chi connectivity index (χ2n) is 12.2. The van der Waals surface area contributed by atoms with Crippen LogP contribution in [0.25, 0.3) is 63.8 Å². The first kappa shape index (κ1) is 22.5. The summed E-state index contributed by atoms with van der Waals surface area (Å²) < 4.78 is 5.61. The lowest BCUT2D eigenvalue weighted by Gasteiger charge is -2.26. The number of aromatic nitrogens is 2. The summed E-state index contributed by atoms with van der Waals surface area (Å²) in [7, 11) is 0. The van der Waals surface area contributed by atoms with Crippen LogP contribution in [0.5, 0.6) is 0 Å². The van der Waals surface area contributed by atoms with Crippen molar-refractivity contribution in [3.63, 3.8) is 0 Å². The Hall–Kier alpha value is -3.30. The Morgan fingerprint density at radius 1 is 0.513 bits per heavy atom. The molecule has 2 nitrogen and oxygen atoms in total. The molecule has 4 aromatic carbocycles. The molecule has 0 aliphatic heterocycles. The molecular formula is C36H34N2S. The van der Waals surface area contributed by atoms with Gasteiger partial charge in [0.25, 0.3) is 0 Å². The summed E-state index contributed by atoms with van der Waals surface area (Å²) in [4.78, 5) is 3.02. The summed E-state index contributed by atoms with van der Waals surface area (Å²) in [6.45, 7) is 0. The molecule has 39 heavy (non-hydrogen) atoms. The molecule has 3 heteroatoms. The first-order valence-corrected chi connectivity index (χ1v) is 16.0. The van der Waals surface area contributed by atoms with E-state index in [-0.39, 0.29) is 0 Å². The molecular weight excluding hydrogens is 492 g/mol. The van der Waals surface area contributed by atoms with Gasteiger partial charge in [0.05, 0.1) is 11.0 Å². The molecule has 0 bridgehead atoms. The summed E-state index contributed by atoms with van der Waals surface area (Å²) >= 11 is 2.09. The maximum atomic E-state index is 2.81. The van der Waals surface area contributed by atoms with E-state index in [0.29, 0.717) is 12.1 Å². The molecule has 9 rings (SSSR count). The maximum absolute atomic E-state index is 2.81. The topological polar surface area (TPSA) is 9.86 Å². The summed E-state index contributed by atoms with van der Waals surface area (Å²) in [6, 6.07) is 29.0. The number of nitrogens with zero attached hydrogens (tertiary/aromatic N) is 2. The zero-order valence-electron chi connectivity index (χ0n) is 22.5. The zero-order chi connectivity index (χ0) is 25.5. The fraction of sp³-hybridized carbons (Fsp3) is 0.333. The molecule has 0 radical (unpaired) electrons. The van der Waals surface area contributed by atoms with Crippen molar-refractivity contribution in [3.8, 4) is 0 Å². The second kappa shape index (κ2) is 8.60. The van der Waals surface area contributed by atoms with Crippen molar-refractivity contribution in [1.29, 1.82) is 0 Å². The van der Waals surface area contributed by atoms with E-state index in [1.54, 1.807) is 0 Å². The highest BCUT2D eigenvalue weighted by molar-refractivity contribution is 7.25. The van der Waals surface area contributed by atoms with Gasteiger partial charge in [-0.05, 0) is 54.0 Å². The predicted octanol–water partition coefficient (Wildman–Crippen LogP) is 11.3. The van der Waals surface area contributed by atoms with E-state index in [0.717, 1.165) is 0 Å². The molecule has 0 N–H and O–H groups in total. The normalized spacial score (nSPS) is 18.1. The highest BCUT2D eigenvalue weighted by atomic mass is 32.1. The van der Waals surface area contributed by atoms with E-state index in [1.165, 1.54) is 128 Å². The third kappa shape index (κ3) is 3.20. The number of benzene rings is 4. The van der Waals surface area contributed by atoms with Crippen LogP contribution in [0.15, 0.2) is 72.8 Å². The van der Waals surface area contributed by atoms with Crippen LogP contribution in [-0.4, -0.2) is 9.13 Å². The van der Waals surface area contributed by atoms with Crippen LogP contribution in [0.3, 0.4) is 0 Å². The van der Waals surface area contributed by atoms with Gasteiger partial charge in [0.2, 0.25) is 0 Å². The number of hydrogen-bond acceptors (Lipinski definition) is 1. The average molecular weight is 527 g/mol.